The summed E-state index contributed by atoms with van der Waals surface area (Å²) in [7, 11) is 1.50. The number of likely N-dealkylation sites (N-methyl/N-ethyl adjacent to an activating group) is 1. The molecule has 4 rings (SSSR count). The molecule has 0 radical (unpaired) electrons. The molecule has 2 aliphatic rings. The SMILES string of the molecule is CN1C(=O)c2c(O)c(=O)c(C(=O)NCc3ccc(F)c(Cl)c3F)cn2C2CCO[C@@H]21. The van der Waals surface area contributed by atoms with Gasteiger partial charge in [0, 0.05) is 25.4 Å². The van der Waals surface area contributed by atoms with E-state index in [-0.39, 0.29) is 23.8 Å². The highest BCUT2D eigenvalue weighted by Crippen LogP contribution is 2.36. The van der Waals surface area contributed by atoms with E-state index in [4.69, 9.17) is 16.3 Å². The molecule has 2 N–H and O–H groups in total. The average molecular weight is 440 g/mol. The summed E-state index contributed by atoms with van der Waals surface area (Å²) in [6.45, 7) is -0.00509. The van der Waals surface area contributed by atoms with Crippen molar-refractivity contribution in [3.8, 4) is 5.75 Å². The molecule has 30 heavy (non-hydrogen) atoms. The van der Waals surface area contributed by atoms with Crippen LogP contribution in [0.1, 0.15) is 38.9 Å². The Morgan fingerprint density at radius 2 is 2.10 bits per heavy atom. The highest BCUT2D eigenvalue weighted by Gasteiger charge is 2.43. The van der Waals surface area contributed by atoms with Crippen LogP contribution in [0, 0.1) is 11.6 Å². The van der Waals surface area contributed by atoms with Gasteiger partial charge in [0.25, 0.3) is 11.8 Å². The number of ether oxygens (including phenoxy) is 1. The van der Waals surface area contributed by atoms with Crippen molar-refractivity contribution in [1.82, 2.24) is 14.8 Å². The third-order valence-electron chi connectivity index (χ3n) is 5.30. The van der Waals surface area contributed by atoms with Crippen molar-refractivity contribution < 1.29 is 28.2 Å². The molecule has 1 aromatic heterocycles. The highest BCUT2D eigenvalue weighted by molar-refractivity contribution is 6.30. The molecule has 1 aromatic carbocycles. The van der Waals surface area contributed by atoms with Crippen LogP contribution in [0.4, 0.5) is 8.78 Å². The van der Waals surface area contributed by atoms with Crippen molar-refractivity contribution in [2.24, 2.45) is 0 Å². The molecule has 1 unspecified atom stereocenters. The number of nitrogens with one attached hydrogen (secondary N) is 1. The molecule has 1 saturated heterocycles. The van der Waals surface area contributed by atoms with Gasteiger partial charge in [0.05, 0.1) is 12.6 Å². The molecule has 0 aliphatic carbocycles. The lowest BCUT2D eigenvalue weighted by Crippen LogP contribution is -2.48. The number of aromatic hydroxyl groups is 1. The largest absolute Gasteiger partial charge is 0.503 e. The second-order valence-electron chi connectivity index (χ2n) is 7.03. The number of hydrogen-bond acceptors (Lipinski definition) is 5. The molecular formula is C19H16ClF2N3O5. The molecule has 2 atom stereocenters. The molecule has 2 aliphatic heterocycles. The zero-order chi connectivity index (χ0) is 21.7. The number of aromatic nitrogens is 1. The van der Waals surface area contributed by atoms with Crippen LogP contribution < -0.4 is 10.7 Å². The van der Waals surface area contributed by atoms with Gasteiger partial charge in [-0.15, -0.1) is 0 Å². The fourth-order valence-electron chi connectivity index (χ4n) is 3.72. The Morgan fingerprint density at radius 3 is 2.83 bits per heavy atom. The van der Waals surface area contributed by atoms with Gasteiger partial charge in [-0.25, -0.2) is 8.78 Å². The number of halogens is 3. The Hall–Kier alpha value is -2.98. The first-order valence-electron chi connectivity index (χ1n) is 8.99. The van der Waals surface area contributed by atoms with Crippen LogP contribution in [0.25, 0.3) is 0 Å². The van der Waals surface area contributed by atoms with Crippen LogP contribution >= 0.6 is 11.6 Å². The predicted molar refractivity (Wildman–Crippen MR) is 100 cm³/mol. The van der Waals surface area contributed by atoms with Crippen molar-refractivity contribution >= 4 is 23.4 Å². The quantitative estimate of drug-likeness (QED) is 0.710. The molecule has 3 heterocycles. The Kier molecular flexibility index (Phi) is 4.99. The Labute approximate surface area is 173 Å². The highest BCUT2D eigenvalue weighted by atomic mass is 35.5. The lowest BCUT2D eigenvalue weighted by Gasteiger charge is -2.36. The number of nitrogens with zero attached hydrogens (tertiary/aromatic N) is 2. The summed E-state index contributed by atoms with van der Waals surface area (Å²) in [5, 5.41) is 12.0. The molecule has 11 heteroatoms. The standard InChI is InChI=1S/C19H16ClF2N3O5/c1-24-18(29)14-16(27)15(26)9(7-25(14)11-4-5-30-19(11)24)17(28)23-6-8-2-3-10(21)12(20)13(8)22/h2-3,7,11,19,27H,4-6H2,1H3,(H,23,28)/t11?,19-/m0/s1. The van der Waals surface area contributed by atoms with Gasteiger partial charge < -0.3 is 24.6 Å². The molecular weight excluding hydrogens is 424 g/mol. The van der Waals surface area contributed by atoms with E-state index in [1.54, 1.807) is 0 Å². The normalized spacial score (nSPS) is 20.1. The predicted octanol–water partition coefficient (Wildman–Crippen LogP) is 1.79. The van der Waals surface area contributed by atoms with Crippen molar-refractivity contribution in [2.45, 2.75) is 25.2 Å². The van der Waals surface area contributed by atoms with Crippen LogP contribution in [0.2, 0.25) is 5.02 Å². The summed E-state index contributed by atoms with van der Waals surface area (Å²) in [6, 6.07) is 1.69. The van der Waals surface area contributed by atoms with Crippen LogP contribution in [0.3, 0.4) is 0 Å². The summed E-state index contributed by atoms with van der Waals surface area (Å²) in [5.74, 6) is -4.32. The topological polar surface area (TPSA) is 101 Å². The number of pyridine rings is 1. The Bertz CT molecular complexity index is 1140. The number of carbonyl (C=O) groups excluding carboxylic acids is 2. The minimum Gasteiger partial charge on any atom is -0.503 e. The first-order chi connectivity index (χ1) is 14.2. The maximum atomic E-state index is 14.0. The van der Waals surface area contributed by atoms with Crippen molar-refractivity contribution in [2.75, 3.05) is 13.7 Å². The third-order valence-corrected chi connectivity index (χ3v) is 5.65. The molecule has 0 spiro atoms. The molecule has 2 amide bonds. The van der Waals surface area contributed by atoms with Gasteiger partial charge in [-0.1, -0.05) is 17.7 Å². The van der Waals surface area contributed by atoms with Gasteiger partial charge in [0.15, 0.2) is 17.7 Å². The van der Waals surface area contributed by atoms with Crippen molar-refractivity contribution in [1.29, 1.82) is 0 Å². The van der Waals surface area contributed by atoms with E-state index >= 15 is 0 Å². The molecule has 8 nitrogen and oxygen atoms in total. The van der Waals surface area contributed by atoms with E-state index in [9.17, 15) is 28.3 Å². The van der Waals surface area contributed by atoms with Gasteiger partial charge in [0.2, 0.25) is 5.43 Å². The van der Waals surface area contributed by atoms with E-state index in [2.05, 4.69) is 5.32 Å². The van der Waals surface area contributed by atoms with E-state index < -0.39 is 51.4 Å². The maximum absolute atomic E-state index is 14.0. The van der Waals surface area contributed by atoms with Crippen molar-refractivity contribution in [3.63, 3.8) is 0 Å². The number of fused-ring (bicyclic) bond motifs is 3. The monoisotopic (exact) mass is 439 g/mol. The van der Waals surface area contributed by atoms with Crippen molar-refractivity contribution in [3.05, 3.63) is 62.0 Å². The molecule has 0 saturated carbocycles. The van der Waals surface area contributed by atoms with Gasteiger partial charge >= 0.3 is 0 Å². The van der Waals surface area contributed by atoms with Gasteiger partial charge in [-0.05, 0) is 12.5 Å². The molecule has 0 bridgehead atoms. The number of hydrogen-bond donors (Lipinski definition) is 2. The first kappa shape index (κ1) is 20.3. The van der Waals surface area contributed by atoms with E-state index in [1.165, 1.54) is 22.7 Å². The lowest BCUT2D eigenvalue weighted by molar-refractivity contribution is -0.0238. The minimum atomic E-state index is -1.03. The Balaban J connectivity index is 1.67. The average Bonchev–Trinajstić information content (AvgIpc) is 3.21. The molecule has 1 fully saturated rings. The van der Waals surface area contributed by atoms with Gasteiger partial charge in [-0.2, -0.15) is 0 Å². The second kappa shape index (κ2) is 7.37. The third kappa shape index (κ3) is 3.03. The molecule has 2 aromatic rings. The van der Waals surface area contributed by atoms with Crippen LogP contribution in [0.15, 0.2) is 23.1 Å². The van der Waals surface area contributed by atoms with E-state index in [1.807, 2.05) is 0 Å². The second-order valence-corrected chi connectivity index (χ2v) is 7.40. The van der Waals surface area contributed by atoms with Gasteiger partial charge in [-0.3, -0.25) is 14.4 Å². The zero-order valence-electron chi connectivity index (χ0n) is 15.6. The fourth-order valence-corrected chi connectivity index (χ4v) is 3.90. The maximum Gasteiger partial charge on any atom is 0.276 e. The van der Waals surface area contributed by atoms with Gasteiger partial charge in [0.1, 0.15) is 22.2 Å². The number of amides is 2. The summed E-state index contributed by atoms with van der Waals surface area (Å²) >= 11 is 5.52. The van der Waals surface area contributed by atoms with Crippen LogP contribution in [0.5, 0.6) is 5.75 Å². The van der Waals surface area contributed by atoms with Crippen LogP contribution in [-0.4, -0.2) is 46.3 Å². The number of carbonyl (C=O) groups is 2. The van der Waals surface area contributed by atoms with Crippen LogP contribution in [-0.2, 0) is 11.3 Å². The number of benzene rings is 1. The van der Waals surface area contributed by atoms with E-state index in [0.717, 1.165) is 12.1 Å². The summed E-state index contributed by atoms with van der Waals surface area (Å²) in [6.07, 6.45) is 1.12. The smallest absolute Gasteiger partial charge is 0.276 e. The number of rotatable bonds is 3. The molecule has 158 valence electrons. The fraction of sp³-hybridized carbons (Fsp3) is 0.316. The first-order valence-corrected chi connectivity index (χ1v) is 9.37. The minimum absolute atomic E-state index is 0.0851. The summed E-state index contributed by atoms with van der Waals surface area (Å²) in [5.41, 5.74) is -1.76. The summed E-state index contributed by atoms with van der Waals surface area (Å²) < 4.78 is 34.2. The zero-order valence-corrected chi connectivity index (χ0v) is 16.4. The summed E-state index contributed by atoms with van der Waals surface area (Å²) in [4.78, 5) is 39.0. The Morgan fingerprint density at radius 1 is 1.37 bits per heavy atom. The lowest BCUT2D eigenvalue weighted by atomic mass is 10.1. The van der Waals surface area contributed by atoms with E-state index in [0.29, 0.717) is 13.0 Å².